The predicted octanol–water partition coefficient (Wildman–Crippen LogP) is 3.46. The fraction of sp³-hybridized carbons (Fsp3) is 0.667. The number of nitrogens with two attached hydrogens (primary N) is 1. The van der Waals surface area contributed by atoms with E-state index in [1.807, 2.05) is 25.3 Å². The first-order chi connectivity index (χ1) is 8.75. The third-order valence-corrected chi connectivity index (χ3v) is 3.04. The summed E-state index contributed by atoms with van der Waals surface area (Å²) in [7, 11) is 0. The van der Waals surface area contributed by atoms with Crippen molar-refractivity contribution in [2.45, 2.75) is 58.1 Å². The molecule has 0 radical (unpaired) electrons. The van der Waals surface area contributed by atoms with Crippen LogP contribution in [0.2, 0.25) is 0 Å². The van der Waals surface area contributed by atoms with E-state index in [4.69, 9.17) is 10.5 Å². The Hall–Kier alpha value is -0.930. The lowest BCUT2D eigenvalue weighted by molar-refractivity contribution is 0.0356. The number of unbranched alkanes of at least 4 members (excludes halogenated alkanes) is 4. The van der Waals surface area contributed by atoms with Crippen LogP contribution in [-0.4, -0.2) is 17.6 Å². The zero-order valence-electron chi connectivity index (χ0n) is 11.6. The topological polar surface area (TPSA) is 48.1 Å². The molecule has 0 saturated carbocycles. The van der Waals surface area contributed by atoms with Gasteiger partial charge in [0.2, 0.25) is 0 Å². The average molecular weight is 250 g/mol. The van der Waals surface area contributed by atoms with Gasteiger partial charge in [0.1, 0.15) is 0 Å². The molecule has 0 bridgehead atoms. The lowest BCUT2D eigenvalue weighted by atomic mass is 10.1. The minimum atomic E-state index is -0.0372. The van der Waals surface area contributed by atoms with E-state index in [9.17, 15) is 0 Å². The zero-order valence-corrected chi connectivity index (χ0v) is 11.6. The number of pyridine rings is 1. The van der Waals surface area contributed by atoms with Crippen molar-refractivity contribution in [2.75, 3.05) is 6.61 Å². The third-order valence-electron chi connectivity index (χ3n) is 3.04. The Morgan fingerprint density at radius 2 is 2.06 bits per heavy atom. The zero-order chi connectivity index (χ0) is 13.2. The quantitative estimate of drug-likeness (QED) is 0.683. The molecule has 0 aliphatic carbocycles. The molecule has 1 rings (SSSR count). The normalized spacial score (nSPS) is 14.4. The highest BCUT2D eigenvalue weighted by atomic mass is 16.5. The minimum Gasteiger partial charge on any atom is -0.372 e. The van der Waals surface area contributed by atoms with Crippen LogP contribution in [0, 0.1) is 0 Å². The van der Waals surface area contributed by atoms with E-state index in [2.05, 4.69) is 11.9 Å². The molecule has 0 amide bonds. The Bertz CT molecular complexity index is 301. The minimum absolute atomic E-state index is 0.00941. The van der Waals surface area contributed by atoms with Crippen LogP contribution in [0.5, 0.6) is 0 Å². The van der Waals surface area contributed by atoms with E-state index in [-0.39, 0.29) is 12.1 Å². The molecular weight excluding hydrogens is 224 g/mol. The van der Waals surface area contributed by atoms with Crippen LogP contribution in [-0.2, 0) is 4.74 Å². The highest BCUT2D eigenvalue weighted by Crippen LogP contribution is 2.19. The summed E-state index contributed by atoms with van der Waals surface area (Å²) >= 11 is 0. The molecule has 3 nitrogen and oxygen atoms in total. The smallest absolute Gasteiger partial charge is 0.0987 e. The molecule has 1 heterocycles. The summed E-state index contributed by atoms with van der Waals surface area (Å²) in [6.45, 7) is 4.99. The second-order valence-electron chi connectivity index (χ2n) is 4.85. The Labute approximate surface area is 111 Å². The van der Waals surface area contributed by atoms with Gasteiger partial charge in [-0.1, -0.05) is 38.7 Å². The Morgan fingerprint density at radius 1 is 1.28 bits per heavy atom. The summed E-state index contributed by atoms with van der Waals surface area (Å²) in [6.07, 6.45) is 9.83. The van der Waals surface area contributed by atoms with Crippen molar-refractivity contribution in [1.82, 2.24) is 4.98 Å². The Kier molecular flexibility index (Phi) is 7.62. The number of hydrogen-bond donors (Lipinski definition) is 1. The van der Waals surface area contributed by atoms with E-state index in [1.165, 1.54) is 25.7 Å². The first-order valence-corrected chi connectivity index (χ1v) is 7.02. The van der Waals surface area contributed by atoms with Gasteiger partial charge in [-0.2, -0.15) is 0 Å². The second-order valence-corrected chi connectivity index (χ2v) is 4.85. The summed E-state index contributed by atoms with van der Waals surface area (Å²) < 4.78 is 5.90. The molecule has 0 aliphatic rings. The first kappa shape index (κ1) is 15.1. The second kappa shape index (κ2) is 9.06. The monoisotopic (exact) mass is 250 g/mol. The maximum absolute atomic E-state index is 5.98. The van der Waals surface area contributed by atoms with Gasteiger partial charge >= 0.3 is 0 Å². The van der Waals surface area contributed by atoms with Crippen molar-refractivity contribution < 1.29 is 4.74 Å². The van der Waals surface area contributed by atoms with Crippen molar-refractivity contribution in [1.29, 1.82) is 0 Å². The summed E-state index contributed by atoms with van der Waals surface area (Å²) in [5.74, 6) is 0. The predicted molar refractivity (Wildman–Crippen MR) is 75.3 cm³/mol. The van der Waals surface area contributed by atoms with Crippen molar-refractivity contribution in [3.05, 3.63) is 30.1 Å². The average Bonchev–Trinajstić information content (AvgIpc) is 2.38. The molecule has 0 aromatic carbocycles. The van der Waals surface area contributed by atoms with E-state index in [0.717, 1.165) is 18.6 Å². The van der Waals surface area contributed by atoms with E-state index < -0.39 is 0 Å². The Morgan fingerprint density at radius 3 is 2.67 bits per heavy atom. The summed E-state index contributed by atoms with van der Waals surface area (Å²) in [4.78, 5) is 4.12. The molecule has 1 aromatic rings. The van der Waals surface area contributed by atoms with Crippen molar-refractivity contribution in [2.24, 2.45) is 5.73 Å². The van der Waals surface area contributed by atoms with E-state index >= 15 is 0 Å². The van der Waals surface area contributed by atoms with Gasteiger partial charge in [0.05, 0.1) is 6.10 Å². The van der Waals surface area contributed by atoms with Gasteiger partial charge in [-0.05, 0) is 19.4 Å². The molecule has 1 aromatic heterocycles. The number of rotatable bonds is 9. The molecule has 102 valence electrons. The highest BCUT2D eigenvalue weighted by molar-refractivity contribution is 5.13. The van der Waals surface area contributed by atoms with Crippen LogP contribution < -0.4 is 5.73 Å². The third kappa shape index (κ3) is 5.61. The molecule has 0 aliphatic heterocycles. The molecule has 0 saturated heterocycles. The molecule has 3 heteroatoms. The maximum atomic E-state index is 5.98. The number of hydrogen-bond acceptors (Lipinski definition) is 3. The largest absolute Gasteiger partial charge is 0.372 e. The lowest BCUT2D eigenvalue weighted by Gasteiger charge is -2.21. The first-order valence-electron chi connectivity index (χ1n) is 7.02. The van der Waals surface area contributed by atoms with Gasteiger partial charge in [-0.3, -0.25) is 4.98 Å². The fourth-order valence-corrected chi connectivity index (χ4v) is 2.01. The molecule has 2 atom stereocenters. The van der Waals surface area contributed by atoms with Gasteiger partial charge in [0, 0.05) is 30.6 Å². The van der Waals surface area contributed by atoms with Crippen LogP contribution >= 0.6 is 0 Å². The van der Waals surface area contributed by atoms with Crippen LogP contribution in [0.15, 0.2) is 24.5 Å². The van der Waals surface area contributed by atoms with Gasteiger partial charge < -0.3 is 10.5 Å². The van der Waals surface area contributed by atoms with Crippen LogP contribution in [0.3, 0.4) is 0 Å². The summed E-state index contributed by atoms with van der Waals surface area (Å²) in [5, 5.41) is 0. The van der Waals surface area contributed by atoms with Crippen molar-refractivity contribution >= 4 is 0 Å². The van der Waals surface area contributed by atoms with Gasteiger partial charge in [0.15, 0.2) is 0 Å². The van der Waals surface area contributed by atoms with Crippen molar-refractivity contribution in [3.63, 3.8) is 0 Å². The Balaban J connectivity index is 2.31. The van der Waals surface area contributed by atoms with Gasteiger partial charge in [-0.15, -0.1) is 0 Å². The maximum Gasteiger partial charge on any atom is 0.0987 e. The summed E-state index contributed by atoms with van der Waals surface area (Å²) in [6, 6.07) is 3.94. The molecule has 0 fully saturated rings. The number of ether oxygens (including phenoxy) is 1. The summed E-state index contributed by atoms with van der Waals surface area (Å²) in [5.41, 5.74) is 7.05. The molecule has 2 unspecified atom stereocenters. The molecule has 18 heavy (non-hydrogen) atoms. The molecule has 0 spiro atoms. The molecule has 2 N–H and O–H groups in total. The van der Waals surface area contributed by atoms with Crippen LogP contribution in [0.1, 0.15) is 57.6 Å². The fourth-order valence-electron chi connectivity index (χ4n) is 2.01. The number of nitrogens with zero attached hydrogens (tertiary/aromatic N) is 1. The molecular formula is C15H26N2O. The highest BCUT2D eigenvalue weighted by Gasteiger charge is 2.16. The lowest BCUT2D eigenvalue weighted by Crippen LogP contribution is -2.27. The SMILES string of the molecule is CCCCCCCOC(c1cccnc1)C(C)N. The van der Waals surface area contributed by atoms with E-state index in [0.29, 0.717) is 0 Å². The standard InChI is InChI=1S/C15H26N2O/c1-3-4-5-6-7-11-18-15(13(2)16)14-9-8-10-17-12-14/h8-10,12-13,15H,3-7,11,16H2,1-2H3. The van der Waals surface area contributed by atoms with E-state index in [1.54, 1.807) is 6.20 Å². The van der Waals surface area contributed by atoms with Crippen molar-refractivity contribution in [3.8, 4) is 0 Å². The van der Waals surface area contributed by atoms with Gasteiger partial charge in [-0.25, -0.2) is 0 Å². The van der Waals surface area contributed by atoms with Gasteiger partial charge in [0.25, 0.3) is 0 Å². The van der Waals surface area contributed by atoms with Crippen LogP contribution in [0.25, 0.3) is 0 Å². The van der Waals surface area contributed by atoms with Crippen LogP contribution in [0.4, 0.5) is 0 Å². The number of aromatic nitrogens is 1.